The van der Waals surface area contributed by atoms with E-state index < -0.39 is 0 Å². The number of carbonyl (C=O) groups is 1. The number of aromatic nitrogens is 1. The van der Waals surface area contributed by atoms with Crippen LogP contribution >= 0.6 is 11.8 Å². The summed E-state index contributed by atoms with van der Waals surface area (Å²) in [5.74, 6) is 0.609. The summed E-state index contributed by atoms with van der Waals surface area (Å²) in [6.07, 6.45) is 1.69. The second-order valence-electron chi connectivity index (χ2n) is 4.37. The van der Waals surface area contributed by atoms with Gasteiger partial charge in [0, 0.05) is 11.9 Å². The van der Waals surface area contributed by atoms with E-state index in [-0.39, 0.29) is 17.8 Å². The summed E-state index contributed by atoms with van der Waals surface area (Å²) >= 11 is 1.58. The van der Waals surface area contributed by atoms with Crippen LogP contribution in [0.5, 0.6) is 0 Å². The van der Waals surface area contributed by atoms with Gasteiger partial charge in [0.25, 0.3) is 0 Å². The van der Waals surface area contributed by atoms with E-state index in [1.54, 1.807) is 18.0 Å². The second kappa shape index (κ2) is 7.70. The van der Waals surface area contributed by atoms with Crippen LogP contribution in [0, 0.1) is 0 Å². The maximum Gasteiger partial charge on any atom is 0.319 e. The van der Waals surface area contributed by atoms with Gasteiger partial charge in [0.2, 0.25) is 0 Å². The highest BCUT2D eigenvalue weighted by Crippen LogP contribution is 2.18. The first-order valence-electron chi connectivity index (χ1n) is 6.48. The number of hydrogen-bond acceptors (Lipinski definition) is 4. The Hall–Kier alpha value is -1.81. The summed E-state index contributed by atoms with van der Waals surface area (Å²) in [6, 6.07) is 15.7. The molecule has 0 aliphatic carbocycles. The largest absolute Gasteiger partial charge is 0.458 e. The van der Waals surface area contributed by atoms with E-state index in [2.05, 4.69) is 17.1 Å². The molecule has 104 valence electrons. The molecule has 1 aromatic heterocycles. The predicted octanol–water partition coefficient (Wildman–Crippen LogP) is 3.45. The number of carbonyl (C=O) groups excluding carboxylic acids is 1. The predicted molar refractivity (Wildman–Crippen MR) is 81.2 cm³/mol. The Bertz CT molecular complexity index is 531. The number of rotatable bonds is 6. The number of nitrogens with zero attached hydrogens (tertiary/aromatic N) is 1. The van der Waals surface area contributed by atoms with Crippen molar-refractivity contribution in [3.63, 3.8) is 0 Å². The Kier molecular flexibility index (Phi) is 5.62. The Balaban J connectivity index is 1.75. The van der Waals surface area contributed by atoms with Crippen molar-refractivity contribution < 1.29 is 9.53 Å². The third kappa shape index (κ3) is 4.70. The van der Waals surface area contributed by atoms with Crippen molar-refractivity contribution in [1.82, 2.24) is 4.98 Å². The molecule has 2 aromatic rings. The van der Waals surface area contributed by atoms with E-state index in [0.717, 1.165) is 11.4 Å². The Labute approximate surface area is 123 Å². The first kappa shape index (κ1) is 14.6. The van der Waals surface area contributed by atoms with Gasteiger partial charge in [-0.25, -0.2) is 0 Å². The highest BCUT2D eigenvalue weighted by molar-refractivity contribution is 7.99. The summed E-state index contributed by atoms with van der Waals surface area (Å²) in [5, 5.41) is -0.182. The highest BCUT2D eigenvalue weighted by Gasteiger charge is 2.15. The van der Waals surface area contributed by atoms with Crippen LogP contribution in [-0.4, -0.2) is 16.2 Å². The average Bonchev–Trinajstić information content (AvgIpc) is 2.52. The van der Waals surface area contributed by atoms with Crippen molar-refractivity contribution in [1.29, 1.82) is 0 Å². The van der Waals surface area contributed by atoms with Crippen LogP contribution in [0.4, 0.5) is 0 Å². The molecule has 0 amide bonds. The molecule has 0 bridgehead atoms. The molecule has 3 nitrogen and oxygen atoms in total. The zero-order valence-corrected chi connectivity index (χ0v) is 12.2. The van der Waals surface area contributed by atoms with Crippen molar-refractivity contribution in [3.8, 4) is 0 Å². The number of esters is 1. The van der Waals surface area contributed by atoms with Gasteiger partial charge in [-0.2, -0.15) is 0 Å². The number of pyridine rings is 1. The Morgan fingerprint density at radius 1 is 1.20 bits per heavy atom. The van der Waals surface area contributed by atoms with Gasteiger partial charge in [0.15, 0.2) is 0 Å². The lowest BCUT2D eigenvalue weighted by atomic mass is 10.2. The van der Waals surface area contributed by atoms with E-state index in [4.69, 9.17) is 4.74 Å². The first-order valence-corrected chi connectivity index (χ1v) is 7.52. The van der Waals surface area contributed by atoms with Crippen molar-refractivity contribution >= 4 is 17.7 Å². The zero-order chi connectivity index (χ0) is 14.2. The molecule has 0 saturated heterocycles. The van der Waals surface area contributed by atoms with E-state index in [9.17, 15) is 4.79 Å². The molecule has 0 aliphatic heterocycles. The molecule has 1 aromatic carbocycles. The summed E-state index contributed by atoms with van der Waals surface area (Å²) in [6.45, 7) is 2.10. The fourth-order valence-electron chi connectivity index (χ4n) is 1.61. The van der Waals surface area contributed by atoms with E-state index in [1.165, 1.54) is 5.56 Å². The van der Waals surface area contributed by atoms with Crippen molar-refractivity contribution in [2.45, 2.75) is 24.5 Å². The number of hydrogen-bond donors (Lipinski definition) is 0. The van der Waals surface area contributed by atoms with Crippen LogP contribution in [0.1, 0.15) is 18.2 Å². The van der Waals surface area contributed by atoms with Crippen molar-refractivity contribution in [2.75, 3.05) is 0 Å². The minimum Gasteiger partial charge on any atom is -0.458 e. The molecule has 1 unspecified atom stereocenters. The molecular formula is C16H17NO2S. The molecule has 0 radical (unpaired) electrons. The first-order chi connectivity index (χ1) is 9.75. The van der Waals surface area contributed by atoms with Gasteiger partial charge in [-0.15, -0.1) is 11.8 Å². The summed E-state index contributed by atoms with van der Waals surface area (Å²) < 4.78 is 5.26. The minimum absolute atomic E-state index is 0.182. The van der Waals surface area contributed by atoms with Gasteiger partial charge in [-0.3, -0.25) is 9.78 Å². The number of thioether (sulfide) groups is 1. The molecule has 0 saturated carbocycles. The SMILES string of the molecule is CC(SCc1ccccc1)C(=O)OCc1ccccn1. The molecule has 20 heavy (non-hydrogen) atoms. The normalized spacial score (nSPS) is 11.8. The van der Waals surface area contributed by atoms with Gasteiger partial charge in [-0.05, 0) is 24.6 Å². The Morgan fingerprint density at radius 3 is 2.65 bits per heavy atom. The molecule has 1 atom stereocenters. The fourth-order valence-corrected chi connectivity index (χ4v) is 2.45. The lowest BCUT2D eigenvalue weighted by Gasteiger charge is -2.11. The molecule has 0 N–H and O–H groups in total. The van der Waals surface area contributed by atoms with Crippen LogP contribution in [0.15, 0.2) is 54.7 Å². The van der Waals surface area contributed by atoms with Gasteiger partial charge in [0.05, 0.1) is 10.9 Å². The van der Waals surface area contributed by atoms with Crippen LogP contribution in [0.2, 0.25) is 0 Å². The van der Waals surface area contributed by atoms with Crippen LogP contribution in [0.25, 0.3) is 0 Å². The maximum absolute atomic E-state index is 11.9. The van der Waals surface area contributed by atoms with E-state index in [1.807, 2.05) is 43.3 Å². The molecular weight excluding hydrogens is 270 g/mol. The van der Waals surface area contributed by atoms with Gasteiger partial charge >= 0.3 is 5.97 Å². The highest BCUT2D eigenvalue weighted by atomic mass is 32.2. The third-order valence-corrected chi connectivity index (χ3v) is 3.96. The summed E-state index contributed by atoms with van der Waals surface area (Å²) in [7, 11) is 0. The summed E-state index contributed by atoms with van der Waals surface area (Å²) in [5.41, 5.74) is 1.97. The van der Waals surface area contributed by atoms with Gasteiger partial charge < -0.3 is 4.74 Å². The maximum atomic E-state index is 11.9. The topological polar surface area (TPSA) is 39.2 Å². The van der Waals surface area contributed by atoms with E-state index >= 15 is 0 Å². The van der Waals surface area contributed by atoms with Crippen LogP contribution < -0.4 is 0 Å². The van der Waals surface area contributed by atoms with Crippen molar-refractivity contribution in [2.24, 2.45) is 0 Å². The third-order valence-electron chi connectivity index (χ3n) is 2.76. The van der Waals surface area contributed by atoms with Gasteiger partial charge in [-0.1, -0.05) is 36.4 Å². The molecule has 4 heteroatoms. The molecule has 2 rings (SSSR count). The molecule has 1 heterocycles. The van der Waals surface area contributed by atoms with Crippen LogP contribution in [0.3, 0.4) is 0 Å². The smallest absolute Gasteiger partial charge is 0.319 e. The molecule has 0 fully saturated rings. The minimum atomic E-state index is -0.198. The Morgan fingerprint density at radius 2 is 1.95 bits per heavy atom. The lowest BCUT2D eigenvalue weighted by molar-refractivity contribution is -0.144. The molecule has 0 spiro atoms. The van der Waals surface area contributed by atoms with Gasteiger partial charge in [0.1, 0.15) is 6.61 Å². The standard InChI is InChI=1S/C16H17NO2S/c1-13(20-12-14-7-3-2-4-8-14)16(18)19-11-15-9-5-6-10-17-15/h2-10,13H,11-12H2,1H3. The van der Waals surface area contributed by atoms with Crippen LogP contribution in [-0.2, 0) is 21.9 Å². The van der Waals surface area contributed by atoms with Crippen molar-refractivity contribution in [3.05, 3.63) is 66.0 Å². The summed E-state index contributed by atoms with van der Waals surface area (Å²) in [4.78, 5) is 16.0. The number of benzene rings is 1. The average molecular weight is 287 g/mol. The second-order valence-corrected chi connectivity index (χ2v) is 5.70. The van der Waals surface area contributed by atoms with E-state index in [0.29, 0.717) is 0 Å². The zero-order valence-electron chi connectivity index (χ0n) is 11.4. The monoisotopic (exact) mass is 287 g/mol. The lowest BCUT2D eigenvalue weighted by Crippen LogP contribution is -2.17. The number of ether oxygens (including phenoxy) is 1. The molecule has 0 aliphatic rings. The fraction of sp³-hybridized carbons (Fsp3) is 0.250. The quantitative estimate of drug-likeness (QED) is 0.763.